The van der Waals surface area contributed by atoms with Gasteiger partial charge in [0.15, 0.2) is 0 Å². The number of ether oxygens (including phenoxy) is 2. The molecule has 4 amide bonds. The third-order valence-corrected chi connectivity index (χ3v) is 8.95. The Morgan fingerprint density at radius 3 is 1.24 bits per heavy atom. The molecule has 0 atom stereocenters. The summed E-state index contributed by atoms with van der Waals surface area (Å²) in [5.74, 6) is -3.64. The number of amides is 4. The maximum Gasteiger partial charge on any atom is 0.344 e. The number of hydrogen-bond acceptors (Lipinski definition) is 12. The molecule has 0 bridgehead atoms. The van der Waals surface area contributed by atoms with Crippen LogP contribution < -0.4 is 30.7 Å². The van der Waals surface area contributed by atoms with Gasteiger partial charge in [0.1, 0.15) is 0 Å². The van der Waals surface area contributed by atoms with Crippen LogP contribution in [0.15, 0.2) is 122 Å². The number of carbonyl (C=O) groups is 6. The van der Waals surface area contributed by atoms with Gasteiger partial charge in [-0.3, -0.25) is 19.2 Å². The zero-order valence-electron chi connectivity index (χ0n) is 28.5. The van der Waals surface area contributed by atoms with Crippen molar-refractivity contribution in [3.63, 3.8) is 0 Å². The highest BCUT2D eigenvalue weighted by atomic mass is 16.5. The van der Waals surface area contributed by atoms with Crippen molar-refractivity contribution >= 4 is 58.3 Å². The van der Waals surface area contributed by atoms with Crippen LogP contribution in [-0.2, 0) is 6.42 Å². The lowest BCUT2D eigenvalue weighted by Gasteiger charge is -2.15. The molecule has 14 nitrogen and oxygen atoms in total. The second-order valence-corrected chi connectivity index (χ2v) is 12.6. The summed E-state index contributed by atoms with van der Waals surface area (Å²) in [6.07, 6.45) is 3.15. The third kappa shape index (κ3) is 6.40. The quantitative estimate of drug-likeness (QED) is 0.152. The Kier molecular flexibility index (Phi) is 8.38. The number of pyridine rings is 2. The van der Waals surface area contributed by atoms with E-state index in [1.165, 1.54) is 73.1 Å². The number of nitrogen functional groups attached to an aromatic ring is 2. The molecule has 14 heteroatoms. The minimum Gasteiger partial charge on any atom is -0.404 e. The minimum absolute atomic E-state index is 0.0354. The number of nitrogens with two attached hydrogens (primary N) is 2. The lowest BCUT2D eigenvalue weighted by molar-refractivity contribution is 0.0717. The highest BCUT2D eigenvalue weighted by Crippen LogP contribution is 2.32. The first kappa shape index (κ1) is 34.1. The summed E-state index contributed by atoms with van der Waals surface area (Å²) >= 11 is 0. The van der Waals surface area contributed by atoms with Crippen LogP contribution in [0.3, 0.4) is 0 Å². The van der Waals surface area contributed by atoms with Crippen LogP contribution >= 0.6 is 0 Å². The van der Waals surface area contributed by atoms with E-state index in [-0.39, 0.29) is 45.1 Å². The van der Waals surface area contributed by atoms with Gasteiger partial charge in [-0.2, -0.15) is 0 Å². The highest BCUT2D eigenvalue weighted by molar-refractivity contribution is 6.35. The van der Waals surface area contributed by atoms with Crippen molar-refractivity contribution in [2.45, 2.75) is 6.42 Å². The zero-order chi connectivity index (χ0) is 38.4. The number of nitrogens with zero attached hydrogens (tertiary/aromatic N) is 4. The van der Waals surface area contributed by atoms with E-state index < -0.39 is 35.6 Å². The fraction of sp³-hybridized carbons (Fsp3) is 0.0244. The van der Waals surface area contributed by atoms with Crippen LogP contribution in [0.2, 0.25) is 0 Å². The Balaban J connectivity index is 0.918. The molecule has 0 saturated carbocycles. The lowest BCUT2D eigenvalue weighted by atomic mass is 10.0. The van der Waals surface area contributed by atoms with Crippen molar-refractivity contribution < 1.29 is 38.2 Å². The van der Waals surface area contributed by atoms with E-state index in [1.807, 2.05) is 0 Å². The van der Waals surface area contributed by atoms with Gasteiger partial charge in [0, 0.05) is 12.1 Å². The Morgan fingerprint density at radius 2 is 0.873 bits per heavy atom. The van der Waals surface area contributed by atoms with E-state index >= 15 is 0 Å². The van der Waals surface area contributed by atoms with Gasteiger partial charge in [0.05, 0.1) is 68.5 Å². The first-order valence-corrected chi connectivity index (χ1v) is 16.6. The Labute approximate surface area is 311 Å². The van der Waals surface area contributed by atoms with Gasteiger partial charge in [-0.15, -0.1) is 0 Å². The topological polar surface area (TPSA) is 205 Å². The second kappa shape index (κ2) is 13.5. The first-order chi connectivity index (χ1) is 26.5. The maximum absolute atomic E-state index is 13.4. The summed E-state index contributed by atoms with van der Waals surface area (Å²) < 4.78 is 10.5. The van der Waals surface area contributed by atoms with Gasteiger partial charge in [-0.1, -0.05) is 24.3 Å². The molecule has 0 radical (unpaired) electrons. The molecule has 0 spiro atoms. The van der Waals surface area contributed by atoms with Crippen LogP contribution in [0.5, 0.6) is 11.8 Å². The normalized spacial score (nSPS) is 13.2. The summed E-state index contributed by atoms with van der Waals surface area (Å²) in [6, 6.07) is 28.0. The Hall–Kier alpha value is -8.00. The van der Waals surface area contributed by atoms with Gasteiger partial charge in [0.2, 0.25) is 11.8 Å². The molecule has 4 aromatic carbocycles. The largest absolute Gasteiger partial charge is 0.404 e. The fourth-order valence-corrected chi connectivity index (χ4v) is 6.18. The molecule has 8 rings (SSSR count). The predicted octanol–water partition coefficient (Wildman–Crippen LogP) is 5.27. The number of hydrogen-bond donors (Lipinski definition) is 2. The van der Waals surface area contributed by atoms with E-state index in [1.54, 1.807) is 48.5 Å². The van der Waals surface area contributed by atoms with Crippen molar-refractivity contribution in [1.82, 2.24) is 9.97 Å². The number of fused-ring (bicyclic) bond motifs is 2. The SMILES string of the molecule is Nc1ccc(OC(=O)c2ccc3c(c2)C(=O)N(c2ccc(Cc4ccc(N5C(=O)c6ccc(C(=O)Oc7ccc(N)cn7)cc6C5=O)cc4)cc2)C3=O)nc1. The molecular formula is C41H26N6O8. The fourth-order valence-electron chi connectivity index (χ4n) is 6.18. The molecule has 268 valence electrons. The summed E-state index contributed by atoms with van der Waals surface area (Å²) in [5, 5.41) is 0. The molecule has 6 aromatic rings. The van der Waals surface area contributed by atoms with E-state index in [9.17, 15) is 28.8 Å². The van der Waals surface area contributed by atoms with Crippen LogP contribution in [0.1, 0.15) is 73.3 Å². The van der Waals surface area contributed by atoms with E-state index in [2.05, 4.69) is 9.97 Å². The lowest BCUT2D eigenvalue weighted by Crippen LogP contribution is -2.29. The van der Waals surface area contributed by atoms with Gasteiger partial charge >= 0.3 is 11.9 Å². The summed E-state index contributed by atoms with van der Waals surface area (Å²) in [4.78, 5) is 88.7. The van der Waals surface area contributed by atoms with Crippen molar-refractivity contribution in [3.05, 3.63) is 166 Å². The molecule has 4 N–H and O–H groups in total. The summed E-state index contributed by atoms with van der Waals surface area (Å²) in [5.41, 5.74) is 15.1. The van der Waals surface area contributed by atoms with Crippen molar-refractivity contribution in [2.24, 2.45) is 0 Å². The minimum atomic E-state index is -0.748. The molecule has 0 aliphatic carbocycles. The third-order valence-electron chi connectivity index (χ3n) is 8.95. The number of aromatic nitrogens is 2. The number of anilines is 4. The van der Waals surface area contributed by atoms with E-state index in [4.69, 9.17) is 20.9 Å². The average Bonchev–Trinajstić information content (AvgIpc) is 3.60. The highest BCUT2D eigenvalue weighted by Gasteiger charge is 2.38. The van der Waals surface area contributed by atoms with Gasteiger partial charge in [0.25, 0.3) is 23.6 Å². The number of carbonyl (C=O) groups excluding carboxylic acids is 6. The standard InChI is InChI=1S/C41H26N6O8/c42-26-7-15-34(44-20-26)54-40(52)24-5-13-30-32(18-24)38(50)46(36(30)48)28-9-1-22(2-10-28)17-23-3-11-29(12-4-23)47-37(49)31-14-6-25(19-33(31)39(47)51)41(53)55-35-16-8-27(43)21-45-35/h1-16,18-21H,17,42-43H2. The molecule has 2 aliphatic heterocycles. The van der Waals surface area contributed by atoms with Crippen LogP contribution in [0, 0.1) is 0 Å². The molecular weight excluding hydrogens is 704 g/mol. The number of benzene rings is 4. The smallest absolute Gasteiger partial charge is 0.344 e. The van der Waals surface area contributed by atoms with Crippen molar-refractivity contribution in [3.8, 4) is 11.8 Å². The molecule has 55 heavy (non-hydrogen) atoms. The summed E-state index contributed by atoms with van der Waals surface area (Å²) in [7, 11) is 0. The van der Waals surface area contributed by atoms with Gasteiger partial charge in [-0.05, 0) is 90.3 Å². The predicted molar refractivity (Wildman–Crippen MR) is 198 cm³/mol. The number of esters is 2. The summed E-state index contributed by atoms with van der Waals surface area (Å²) in [6.45, 7) is 0. The average molecular weight is 731 g/mol. The Bertz CT molecular complexity index is 2410. The molecule has 2 aromatic heterocycles. The van der Waals surface area contributed by atoms with Crippen molar-refractivity contribution in [1.29, 1.82) is 0 Å². The molecule has 2 aliphatic rings. The molecule has 0 unspecified atom stereocenters. The van der Waals surface area contributed by atoms with Crippen LogP contribution in [-0.4, -0.2) is 45.5 Å². The zero-order valence-corrected chi connectivity index (χ0v) is 28.5. The van der Waals surface area contributed by atoms with E-state index in [0.29, 0.717) is 29.2 Å². The van der Waals surface area contributed by atoms with Gasteiger partial charge in [-0.25, -0.2) is 29.4 Å². The monoisotopic (exact) mass is 730 g/mol. The van der Waals surface area contributed by atoms with Crippen LogP contribution in [0.25, 0.3) is 0 Å². The van der Waals surface area contributed by atoms with Gasteiger partial charge < -0.3 is 20.9 Å². The number of rotatable bonds is 8. The molecule has 0 saturated heterocycles. The Morgan fingerprint density at radius 1 is 0.491 bits per heavy atom. The molecule has 4 heterocycles. The first-order valence-electron chi connectivity index (χ1n) is 16.6. The molecule has 0 fully saturated rings. The maximum atomic E-state index is 13.4. The van der Waals surface area contributed by atoms with E-state index in [0.717, 1.165) is 20.9 Å². The van der Waals surface area contributed by atoms with Crippen LogP contribution in [0.4, 0.5) is 22.7 Å². The second-order valence-electron chi connectivity index (χ2n) is 12.6. The van der Waals surface area contributed by atoms with Crippen molar-refractivity contribution in [2.75, 3.05) is 21.3 Å². The number of imide groups is 2.